The molecule has 0 radical (unpaired) electrons. The average Bonchev–Trinajstić information content (AvgIpc) is 3.26. The Morgan fingerprint density at radius 3 is 1.49 bits per heavy atom. The van der Waals surface area contributed by atoms with Gasteiger partial charge in [0.25, 0.3) is 0 Å². The van der Waals surface area contributed by atoms with Crippen molar-refractivity contribution < 1.29 is 42.5 Å². The van der Waals surface area contributed by atoms with Crippen molar-refractivity contribution in [1.29, 1.82) is 0 Å². The minimum atomic E-state index is -4.62. The van der Waals surface area contributed by atoms with E-state index >= 15 is 0 Å². The Morgan fingerprint density at radius 1 is 0.610 bits per heavy atom. The van der Waals surface area contributed by atoms with Crippen LogP contribution in [0.25, 0.3) is 0 Å². The third-order valence-corrected chi connectivity index (χ3v) is 9.23. The van der Waals surface area contributed by atoms with Crippen molar-refractivity contribution in [1.82, 2.24) is 0 Å². The van der Waals surface area contributed by atoms with Crippen molar-refractivity contribution >= 4 is 21.7 Å². The van der Waals surface area contributed by atoms with E-state index in [2.05, 4.69) is 11.8 Å². The Morgan fingerprint density at radius 2 is 1.02 bits per heavy atom. The van der Waals surface area contributed by atoms with Crippen LogP contribution >= 0.6 is 0 Å². The summed E-state index contributed by atoms with van der Waals surface area (Å²) in [6.07, 6.45) is 23.9. The molecule has 0 fully saturated rings. The summed E-state index contributed by atoms with van der Waals surface area (Å²) in [5, 5.41) is 0. The van der Waals surface area contributed by atoms with Gasteiger partial charge in [-0.25, -0.2) is 8.42 Å². The number of nitrogens with zero attached hydrogens (tertiary/aromatic N) is 2. The topological polar surface area (TPSA) is 63.7 Å². The fraction of sp³-hybridized carbons (Fsp3) is 0.647. The van der Waals surface area contributed by atoms with E-state index in [4.69, 9.17) is 0 Å². The van der Waals surface area contributed by atoms with E-state index in [9.17, 15) is 13.0 Å². The maximum Gasteiger partial charge on any atom is 1.00 e. The summed E-state index contributed by atoms with van der Waals surface area (Å²) in [5.74, 6) is 0. The van der Waals surface area contributed by atoms with Crippen LogP contribution in [-0.4, -0.2) is 19.1 Å². The van der Waals surface area contributed by atoms with Crippen molar-refractivity contribution in [3.63, 3.8) is 0 Å². The van der Waals surface area contributed by atoms with Gasteiger partial charge in [0, 0.05) is 6.54 Å². The Labute approximate surface area is 273 Å². The van der Waals surface area contributed by atoms with Gasteiger partial charge < -0.3 is 9.45 Å². The maximum absolute atomic E-state index is 12.3. The molecule has 2 aromatic carbocycles. The summed E-state index contributed by atoms with van der Waals surface area (Å²) in [7, 11) is -4.62. The van der Waals surface area contributed by atoms with E-state index in [-0.39, 0.29) is 29.6 Å². The number of benzene rings is 2. The zero-order chi connectivity index (χ0) is 28.5. The average molecular weight is 593 g/mol. The molecule has 0 spiro atoms. The molecule has 0 amide bonds. The van der Waals surface area contributed by atoms with Gasteiger partial charge in [0.2, 0.25) is 0 Å². The first-order valence-corrected chi connectivity index (χ1v) is 17.5. The van der Waals surface area contributed by atoms with Crippen LogP contribution in [-0.2, 0) is 16.8 Å². The van der Waals surface area contributed by atoms with Gasteiger partial charge in [0.05, 0.1) is 11.4 Å². The molecule has 0 aliphatic carbocycles. The van der Waals surface area contributed by atoms with E-state index < -0.39 is 16.5 Å². The normalized spacial score (nSPS) is 14.7. The number of rotatable bonds is 22. The summed E-state index contributed by atoms with van der Waals surface area (Å²) in [4.78, 5) is 2.09. The third-order valence-electron chi connectivity index (χ3n) is 8.31. The molecule has 2 aromatic rings. The van der Waals surface area contributed by atoms with E-state index in [0.717, 1.165) is 28.4 Å². The Bertz CT molecular complexity index is 1050. The van der Waals surface area contributed by atoms with Crippen LogP contribution in [0.3, 0.4) is 0 Å². The van der Waals surface area contributed by atoms with Crippen LogP contribution in [0.1, 0.15) is 134 Å². The standard InChI is InChI=1S/C34H54N2O3S.Na/c1-2-3-4-5-6-7-8-9-10-11-12-13-14-15-16-17-18-22-29-34-35(30-31-25-20-19-21-26-31)32-27-23-24-28-33(32)36(34)40(37,38)39;/h19-21,23-28,34H,2-18,22,29-30H2,1H3,(H,37,38,39);/q;+1/p-1. The van der Waals surface area contributed by atoms with E-state index in [1.807, 2.05) is 42.5 Å². The Hall–Kier alpha value is -1.05. The van der Waals surface area contributed by atoms with Gasteiger partial charge in [-0.1, -0.05) is 159 Å². The second kappa shape index (κ2) is 20.8. The van der Waals surface area contributed by atoms with E-state index in [1.165, 1.54) is 103 Å². The van der Waals surface area contributed by atoms with Gasteiger partial charge in [-0.05, 0) is 30.5 Å². The van der Waals surface area contributed by atoms with Crippen molar-refractivity contribution in [2.45, 2.75) is 142 Å². The maximum atomic E-state index is 12.3. The van der Waals surface area contributed by atoms with Crippen LogP contribution in [0.4, 0.5) is 11.4 Å². The molecular weight excluding hydrogens is 539 g/mol. The van der Waals surface area contributed by atoms with Gasteiger partial charge in [-0.2, -0.15) is 0 Å². The van der Waals surface area contributed by atoms with Crippen molar-refractivity contribution in [3.05, 3.63) is 60.2 Å². The summed E-state index contributed by atoms with van der Waals surface area (Å²) in [5.41, 5.74) is 2.42. The van der Waals surface area contributed by atoms with E-state index in [0.29, 0.717) is 18.7 Å². The fourth-order valence-electron chi connectivity index (χ4n) is 6.08. The molecule has 3 rings (SSSR count). The molecule has 1 aliphatic heterocycles. The van der Waals surface area contributed by atoms with Gasteiger partial charge in [0.15, 0.2) is 10.3 Å². The molecule has 0 N–H and O–H groups in total. The molecule has 0 aromatic heterocycles. The molecule has 5 nitrogen and oxygen atoms in total. The number of para-hydroxylation sites is 2. The molecule has 0 bridgehead atoms. The van der Waals surface area contributed by atoms with Gasteiger partial charge >= 0.3 is 29.6 Å². The van der Waals surface area contributed by atoms with Crippen LogP contribution in [0, 0.1) is 0 Å². The number of fused-ring (bicyclic) bond motifs is 1. The van der Waals surface area contributed by atoms with Crippen molar-refractivity contribution in [2.24, 2.45) is 0 Å². The number of anilines is 2. The number of unbranched alkanes of at least 4 members (excludes halogenated alkanes) is 17. The first-order chi connectivity index (χ1) is 19.5. The van der Waals surface area contributed by atoms with Crippen LogP contribution in [0.5, 0.6) is 0 Å². The number of hydrogen-bond acceptors (Lipinski definition) is 4. The molecule has 1 unspecified atom stereocenters. The van der Waals surface area contributed by atoms with Crippen LogP contribution in [0.2, 0.25) is 0 Å². The minimum absolute atomic E-state index is 0. The minimum Gasteiger partial charge on any atom is -0.731 e. The molecule has 1 aliphatic rings. The Kier molecular flexibility index (Phi) is 18.3. The summed E-state index contributed by atoms with van der Waals surface area (Å²) >= 11 is 0. The van der Waals surface area contributed by atoms with Gasteiger partial charge in [-0.3, -0.25) is 4.31 Å². The first kappa shape index (κ1) is 36.1. The molecule has 41 heavy (non-hydrogen) atoms. The Balaban J connectivity index is 0.00000588. The largest absolute Gasteiger partial charge is 1.00 e. The van der Waals surface area contributed by atoms with Gasteiger partial charge in [-0.15, -0.1) is 0 Å². The predicted octanol–water partition coefficient (Wildman–Crippen LogP) is 6.74. The fourth-order valence-corrected chi connectivity index (χ4v) is 7.00. The van der Waals surface area contributed by atoms with E-state index in [1.54, 1.807) is 12.1 Å². The number of hydrogen-bond donors (Lipinski definition) is 0. The summed E-state index contributed by atoms with van der Waals surface area (Å²) in [6.45, 7) is 2.86. The van der Waals surface area contributed by atoms with Crippen LogP contribution in [0.15, 0.2) is 54.6 Å². The first-order valence-electron chi connectivity index (χ1n) is 16.2. The molecule has 1 heterocycles. The monoisotopic (exact) mass is 592 g/mol. The molecule has 0 saturated heterocycles. The van der Waals surface area contributed by atoms with Crippen molar-refractivity contribution in [3.8, 4) is 0 Å². The molecule has 224 valence electrons. The smallest absolute Gasteiger partial charge is 0.731 e. The predicted molar refractivity (Wildman–Crippen MR) is 168 cm³/mol. The second-order valence-electron chi connectivity index (χ2n) is 11.6. The molecule has 0 saturated carbocycles. The zero-order valence-corrected chi connectivity index (χ0v) is 28.8. The van der Waals surface area contributed by atoms with Crippen LogP contribution < -0.4 is 38.8 Å². The zero-order valence-electron chi connectivity index (χ0n) is 25.9. The molecule has 7 heteroatoms. The third kappa shape index (κ3) is 13.0. The molecule has 1 atom stereocenters. The SMILES string of the molecule is CCCCCCCCCCCCCCCCCCCCC1N(Cc2ccccc2)c2ccccc2N1S(=O)(=O)[O-].[Na+]. The quantitative estimate of drug-likeness (QED) is 0.0864. The molecular formula is C34H53N2NaO3S. The summed E-state index contributed by atoms with van der Waals surface area (Å²) < 4.78 is 38.1. The second-order valence-corrected chi connectivity index (χ2v) is 12.9. The van der Waals surface area contributed by atoms with Gasteiger partial charge in [0.1, 0.15) is 6.17 Å². The summed E-state index contributed by atoms with van der Waals surface area (Å²) in [6, 6.07) is 17.4. The van der Waals surface area contributed by atoms with Crippen molar-refractivity contribution in [2.75, 3.05) is 9.21 Å².